The number of amides is 2. The predicted molar refractivity (Wildman–Crippen MR) is 87.0 cm³/mol. The molecule has 23 heavy (non-hydrogen) atoms. The first-order chi connectivity index (χ1) is 11.1. The minimum atomic E-state index is -0.388. The summed E-state index contributed by atoms with van der Waals surface area (Å²) < 4.78 is 0. The highest BCUT2D eigenvalue weighted by Gasteiger charge is 2.26. The Bertz CT molecular complexity index is 584. The van der Waals surface area contributed by atoms with E-state index in [1.807, 2.05) is 12.1 Å². The third kappa shape index (κ3) is 3.98. The quantitative estimate of drug-likeness (QED) is 0.799. The van der Waals surface area contributed by atoms with Crippen molar-refractivity contribution in [1.29, 1.82) is 0 Å². The van der Waals surface area contributed by atoms with Gasteiger partial charge in [0.15, 0.2) is 0 Å². The summed E-state index contributed by atoms with van der Waals surface area (Å²) in [6.45, 7) is 4.45. The Morgan fingerprint density at radius 2 is 2.17 bits per heavy atom. The van der Waals surface area contributed by atoms with Crippen molar-refractivity contribution in [3.05, 3.63) is 23.9 Å². The van der Waals surface area contributed by atoms with Gasteiger partial charge in [-0.3, -0.25) is 9.59 Å². The van der Waals surface area contributed by atoms with Crippen LogP contribution in [0.25, 0.3) is 0 Å². The van der Waals surface area contributed by atoms with E-state index < -0.39 is 0 Å². The molecule has 2 amide bonds. The number of piperazine rings is 1. The van der Waals surface area contributed by atoms with Gasteiger partial charge in [0.05, 0.1) is 0 Å². The lowest BCUT2D eigenvalue weighted by Gasteiger charge is -2.33. The van der Waals surface area contributed by atoms with E-state index in [2.05, 4.69) is 32.5 Å². The zero-order valence-electron chi connectivity index (χ0n) is 13.4. The van der Waals surface area contributed by atoms with Crippen LogP contribution in [-0.4, -0.2) is 61.0 Å². The fourth-order valence-electron chi connectivity index (χ4n) is 2.90. The van der Waals surface area contributed by atoms with Crippen LogP contribution in [0.4, 0.5) is 5.82 Å². The molecule has 7 heteroatoms. The number of hydrogen-bond donors (Lipinski definition) is 2. The van der Waals surface area contributed by atoms with Crippen molar-refractivity contribution in [2.24, 2.45) is 0 Å². The van der Waals surface area contributed by atoms with Gasteiger partial charge < -0.3 is 20.4 Å². The average molecular weight is 317 g/mol. The third-order valence-electron chi connectivity index (χ3n) is 4.42. The minimum absolute atomic E-state index is 0.0496. The zero-order valence-corrected chi connectivity index (χ0v) is 13.4. The van der Waals surface area contributed by atoms with Crippen molar-refractivity contribution in [2.45, 2.75) is 25.4 Å². The number of nitrogens with zero attached hydrogens (tertiary/aromatic N) is 3. The van der Waals surface area contributed by atoms with Crippen molar-refractivity contribution in [2.75, 3.05) is 38.1 Å². The summed E-state index contributed by atoms with van der Waals surface area (Å²) >= 11 is 0. The summed E-state index contributed by atoms with van der Waals surface area (Å²) in [7, 11) is 2.12. The van der Waals surface area contributed by atoms with E-state index in [0.29, 0.717) is 19.4 Å². The van der Waals surface area contributed by atoms with Crippen molar-refractivity contribution >= 4 is 17.6 Å². The fraction of sp³-hybridized carbons (Fsp3) is 0.562. The second kappa shape index (κ2) is 6.95. The smallest absolute Gasteiger partial charge is 0.242 e. The van der Waals surface area contributed by atoms with Gasteiger partial charge in [-0.25, -0.2) is 4.98 Å². The molecule has 1 aromatic heterocycles. The maximum Gasteiger partial charge on any atom is 0.242 e. The number of rotatable bonds is 4. The molecule has 7 nitrogen and oxygen atoms in total. The van der Waals surface area contributed by atoms with Gasteiger partial charge in [-0.05, 0) is 31.2 Å². The predicted octanol–water partition coefficient (Wildman–Crippen LogP) is -0.272. The van der Waals surface area contributed by atoms with Crippen LogP contribution in [0.5, 0.6) is 0 Å². The van der Waals surface area contributed by atoms with Crippen LogP contribution in [0.3, 0.4) is 0 Å². The highest BCUT2D eigenvalue weighted by Crippen LogP contribution is 2.15. The van der Waals surface area contributed by atoms with Crippen molar-refractivity contribution in [3.8, 4) is 0 Å². The standard InChI is InChI=1S/C16H23N5O2/c1-20-6-8-21(9-7-20)14-10-12(4-5-17-14)11-18-16(23)13-2-3-15(22)19-13/h4-5,10,13H,2-3,6-9,11H2,1H3,(H,18,23)(H,19,22)/t13-/m0/s1. The van der Waals surface area contributed by atoms with E-state index in [1.165, 1.54) is 0 Å². The van der Waals surface area contributed by atoms with Gasteiger partial charge in [0.2, 0.25) is 11.8 Å². The first-order valence-corrected chi connectivity index (χ1v) is 8.07. The minimum Gasteiger partial charge on any atom is -0.354 e. The summed E-state index contributed by atoms with van der Waals surface area (Å²) in [6.07, 6.45) is 2.79. The number of hydrogen-bond acceptors (Lipinski definition) is 5. The van der Waals surface area contributed by atoms with Crippen molar-refractivity contribution < 1.29 is 9.59 Å². The lowest BCUT2D eigenvalue weighted by molar-refractivity contribution is -0.125. The molecule has 3 heterocycles. The number of carbonyl (C=O) groups is 2. The fourth-order valence-corrected chi connectivity index (χ4v) is 2.90. The highest BCUT2D eigenvalue weighted by molar-refractivity contribution is 5.90. The van der Waals surface area contributed by atoms with Crippen LogP contribution in [0.1, 0.15) is 18.4 Å². The van der Waals surface area contributed by atoms with E-state index >= 15 is 0 Å². The van der Waals surface area contributed by atoms with Gasteiger partial charge in [-0.2, -0.15) is 0 Å². The van der Waals surface area contributed by atoms with E-state index in [4.69, 9.17) is 0 Å². The van der Waals surface area contributed by atoms with Crippen LogP contribution in [0, 0.1) is 0 Å². The zero-order chi connectivity index (χ0) is 16.2. The van der Waals surface area contributed by atoms with E-state index in [-0.39, 0.29) is 17.9 Å². The lowest BCUT2D eigenvalue weighted by Crippen LogP contribution is -2.44. The molecule has 2 fully saturated rings. The van der Waals surface area contributed by atoms with Gasteiger partial charge in [-0.15, -0.1) is 0 Å². The molecule has 1 aromatic rings. The number of pyridine rings is 1. The maximum atomic E-state index is 12.0. The highest BCUT2D eigenvalue weighted by atomic mass is 16.2. The Kier molecular flexibility index (Phi) is 4.76. The van der Waals surface area contributed by atoms with E-state index in [1.54, 1.807) is 6.20 Å². The Labute approximate surface area is 136 Å². The largest absolute Gasteiger partial charge is 0.354 e. The van der Waals surface area contributed by atoms with Crippen molar-refractivity contribution in [1.82, 2.24) is 20.5 Å². The molecule has 0 unspecified atom stereocenters. The molecule has 0 spiro atoms. The molecule has 124 valence electrons. The van der Waals surface area contributed by atoms with Crippen LogP contribution < -0.4 is 15.5 Å². The van der Waals surface area contributed by atoms with Gasteiger partial charge in [-0.1, -0.05) is 0 Å². The lowest BCUT2D eigenvalue weighted by atomic mass is 10.2. The number of carbonyl (C=O) groups excluding carboxylic acids is 2. The summed E-state index contributed by atoms with van der Waals surface area (Å²) in [6, 6.07) is 3.55. The van der Waals surface area contributed by atoms with Crippen LogP contribution in [0.2, 0.25) is 0 Å². The Balaban J connectivity index is 1.55. The van der Waals surface area contributed by atoms with Gasteiger partial charge in [0, 0.05) is 45.3 Å². The van der Waals surface area contributed by atoms with E-state index in [9.17, 15) is 9.59 Å². The number of nitrogens with one attached hydrogen (secondary N) is 2. The summed E-state index contributed by atoms with van der Waals surface area (Å²) in [5.41, 5.74) is 1.02. The van der Waals surface area contributed by atoms with Gasteiger partial charge in [0.25, 0.3) is 0 Å². The molecule has 0 aliphatic carbocycles. The normalized spacial score (nSPS) is 22.0. The molecule has 0 saturated carbocycles. The second-order valence-corrected chi connectivity index (χ2v) is 6.19. The molecule has 1 atom stereocenters. The van der Waals surface area contributed by atoms with Crippen LogP contribution in [-0.2, 0) is 16.1 Å². The molecular formula is C16H23N5O2. The maximum absolute atomic E-state index is 12.0. The van der Waals surface area contributed by atoms with Crippen LogP contribution >= 0.6 is 0 Å². The molecule has 0 radical (unpaired) electrons. The number of anilines is 1. The summed E-state index contributed by atoms with van der Waals surface area (Å²) in [4.78, 5) is 32.2. The van der Waals surface area contributed by atoms with Crippen molar-refractivity contribution in [3.63, 3.8) is 0 Å². The summed E-state index contributed by atoms with van der Waals surface area (Å²) in [5.74, 6) is 0.791. The summed E-state index contributed by atoms with van der Waals surface area (Å²) in [5, 5.41) is 5.57. The Hall–Kier alpha value is -2.15. The molecule has 2 aliphatic rings. The Morgan fingerprint density at radius 1 is 1.39 bits per heavy atom. The Morgan fingerprint density at radius 3 is 2.87 bits per heavy atom. The number of likely N-dealkylation sites (N-methyl/N-ethyl adjacent to an activating group) is 1. The molecule has 3 rings (SSSR count). The molecular weight excluding hydrogens is 294 g/mol. The van der Waals surface area contributed by atoms with Gasteiger partial charge >= 0.3 is 0 Å². The second-order valence-electron chi connectivity index (χ2n) is 6.19. The van der Waals surface area contributed by atoms with Gasteiger partial charge in [0.1, 0.15) is 11.9 Å². The number of aromatic nitrogens is 1. The molecule has 2 N–H and O–H groups in total. The average Bonchev–Trinajstić information content (AvgIpc) is 3.00. The molecule has 0 bridgehead atoms. The van der Waals surface area contributed by atoms with Crippen LogP contribution in [0.15, 0.2) is 18.3 Å². The topological polar surface area (TPSA) is 77.6 Å². The SMILES string of the molecule is CN1CCN(c2cc(CNC(=O)[C@@H]3CCC(=O)N3)ccn2)CC1. The van der Waals surface area contributed by atoms with E-state index in [0.717, 1.165) is 37.6 Å². The first-order valence-electron chi connectivity index (χ1n) is 8.07. The third-order valence-corrected chi connectivity index (χ3v) is 4.42. The molecule has 2 saturated heterocycles. The first kappa shape index (κ1) is 15.7. The molecule has 2 aliphatic heterocycles. The monoisotopic (exact) mass is 317 g/mol. The molecule has 0 aromatic carbocycles.